The van der Waals surface area contributed by atoms with Crippen molar-refractivity contribution in [3.8, 4) is 0 Å². The van der Waals surface area contributed by atoms with Crippen LogP contribution in [0.25, 0.3) is 6.08 Å². The van der Waals surface area contributed by atoms with Gasteiger partial charge in [-0.05, 0) is 48.2 Å². The number of aliphatic imine (C=N–C) groups is 1. The maximum Gasteiger partial charge on any atom is 0.417 e. The molecule has 0 aliphatic carbocycles. The van der Waals surface area contributed by atoms with Crippen molar-refractivity contribution in [3.05, 3.63) is 57.7 Å². The number of rotatable bonds is 2. The Hall–Kier alpha value is -2.19. The van der Waals surface area contributed by atoms with Gasteiger partial charge in [-0.1, -0.05) is 11.6 Å². The summed E-state index contributed by atoms with van der Waals surface area (Å²) in [5.74, 6) is -0.352. The van der Waals surface area contributed by atoms with Crippen LogP contribution in [-0.2, 0) is 18.0 Å². The smallest absolute Gasteiger partial charge is 0.351 e. The molecule has 1 aliphatic rings. The van der Waals surface area contributed by atoms with E-state index in [0.29, 0.717) is 4.91 Å². The van der Waals surface area contributed by atoms with Gasteiger partial charge in [0.05, 0.1) is 21.2 Å². The average molecular weight is 386 g/mol. The minimum atomic E-state index is -4.57. The standard InChI is InChI=1S/C16H11ClF3N3OS/c1-23-6-2-3-10(23)8-13-14(24)22-15(25-13)21-9-4-5-12(17)11(7-9)16(18,19)20/h2-8H,1H3,(H,21,22,24)/b13-8-. The lowest BCUT2D eigenvalue weighted by molar-refractivity contribution is -0.137. The Morgan fingerprint density at radius 2 is 2.08 bits per heavy atom. The number of aromatic nitrogens is 1. The minimum Gasteiger partial charge on any atom is -0.351 e. The van der Waals surface area contributed by atoms with Gasteiger partial charge < -0.3 is 9.88 Å². The first-order chi connectivity index (χ1) is 11.7. The van der Waals surface area contributed by atoms with E-state index in [4.69, 9.17) is 11.6 Å². The summed E-state index contributed by atoms with van der Waals surface area (Å²) in [6.07, 6.45) is -1.05. The summed E-state index contributed by atoms with van der Waals surface area (Å²) in [5.41, 5.74) is -0.0886. The van der Waals surface area contributed by atoms with Gasteiger partial charge in [-0.15, -0.1) is 0 Å². The van der Waals surface area contributed by atoms with Crippen LogP contribution in [-0.4, -0.2) is 15.6 Å². The molecule has 0 radical (unpaired) electrons. The largest absolute Gasteiger partial charge is 0.417 e. The van der Waals surface area contributed by atoms with Crippen molar-refractivity contribution in [1.82, 2.24) is 9.88 Å². The fourth-order valence-electron chi connectivity index (χ4n) is 2.16. The molecule has 25 heavy (non-hydrogen) atoms. The predicted molar refractivity (Wildman–Crippen MR) is 92.7 cm³/mol. The van der Waals surface area contributed by atoms with Crippen LogP contribution in [0.5, 0.6) is 0 Å². The normalized spacial score (nSPS) is 18.2. The lowest BCUT2D eigenvalue weighted by Gasteiger charge is -2.09. The highest BCUT2D eigenvalue weighted by Crippen LogP contribution is 2.37. The number of benzene rings is 1. The van der Waals surface area contributed by atoms with Gasteiger partial charge >= 0.3 is 6.18 Å². The molecule has 1 aromatic heterocycles. The van der Waals surface area contributed by atoms with Gasteiger partial charge in [-0.2, -0.15) is 13.2 Å². The SMILES string of the molecule is Cn1cccc1/C=C1\SC(=Nc2ccc(Cl)c(C(F)(F)F)c2)NC1=O. The van der Waals surface area contributed by atoms with Crippen LogP contribution >= 0.6 is 23.4 Å². The number of carbonyl (C=O) groups excluding carboxylic acids is 1. The number of thioether (sulfide) groups is 1. The lowest BCUT2D eigenvalue weighted by atomic mass is 10.2. The summed E-state index contributed by atoms with van der Waals surface area (Å²) in [7, 11) is 1.84. The van der Waals surface area contributed by atoms with E-state index < -0.39 is 16.8 Å². The summed E-state index contributed by atoms with van der Waals surface area (Å²) in [6.45, 7) is 0. The highest BCUT2D eigenvalue weighted by Gasteiger charge is 2.33. The van der Waals surface area contributed by atoms with Gasteiger partial charge in [0.25, 0.3) is 5.91 Å². The first kappa shape index (κ1) is 17.6. The summed E-state index contributed by atoms with van der Waals surface area (Å²) >= 11 is 6.64. The van der Waals surface area contributed by atoms with E-state index in [1.807, 2.05) is 29.9 Å². The Balaban J connectivity index is 1.88. The molecule has 3 rings (SSSR count). The average Bonchev–Trinajstić information content (AvgIpc) is 3.07. The molecule has 4 nitrogen and oxygen atoms in total. The molecule has 9 heteroatoms. The number of aryl methyl sites for hydroxylation is 1. The van der Waals surface area contributed by atoms with E-state index in [1.165, 1.54) is 6.07 Å². The van der Waals surface area contributed by atoms with Gasteiger partial charge in [0.15, 0.2) is 5.17 Å². The quantitative estimate of drug-likeness (QED) is 0.768. The fraction of sp³-hybridized carbons (Fsp3) is 0.125. The van der Waals surface area contributed by atoms with Crippen molar-refractivity contribution in [3.63, 3.8) is 0 Å². The molecule has 1 aliphatic heterocycles. The molecule has 1 aromatic carbocycles. The minimum absolute atomic E-state index is 0.0552. The van der Waals surface area contributed by atoms with Crippen LogP contribution in [0.15, 0.2) is 46.4 Å². The highest BCUT2D eigenvalue weighted by molar-refractivity contribution is 8.18. The third-order valence-electron chi connectivity index (χ3n) is 3.40. The van der Waals surface area contributed by atoms with Gasteiger partial charge in [-0.3, -0.25) is 4.79 Å². The van der Waals surface area contributed by atoms with E-state index in [0.717, 1.165) is 29.6 Å². The summed E-state index contributed by atoms with van der Waals surface area (Å²) < 4.78 is 40.5. The Morgan fingerprint density at radius 3 is 2.72 bits per heavy atom. The molecule has 1 saturated heterocycles. The maximum absolute atomic E-state index is 12.9. The summed E-state index contributed by atoms with van der Waals surface area (Å²) in [4.78, 5) is 16.5. The summed E-state index contributed by atoms with van der Waals surface area (Å²) in [6, 6.07) is 7.01. The van der Waals surface area contributed by atoms with Crippen LogP contribution in [0, 0.1) is 0 Å². The second-order valence-electron chi connectivity index (χ2n) is 5.19. The molecular formula is C16H11ClF3N3OS. The molecule has 0 unspecified atom stereocenters. The molecule has 0 atom stereocenters. The molecule has 0 saturated carbocycles. The van der Waals surface area contributed by atoms with Gasteiger partial charge in [0.2, 0.25) is 0 Å². The van der Waals surface area contributed by atoms with Crippen molar-refractivity contribution in [2.75, 3.05) is 0 Å². The van der Waals surface area contributed by atoms with E-state index in [1.54, 1.807) is 6.08 Å². The van der Waals surface area contributed by atoms with Crippen LogP contribution in [0.1, 0.15) is 11.3 Å². The van der Waals surface area contributed by atoms with Crippen molar-refractivity contribution in [2.45, 2.75) is 6.18 Å². The molecular weight excluding hydrogens is 375 g/mol. The second-order valence-corrected chi connectivity index (χ2v) is 6.63. The molecule has 1 N–H and O–H groups in total. The van der Waals surface area contributed by atoms with Crippen LogP contribution < -0.4 is 5.32 Å². The van der Waals surface area contributed by atoms with Gasteiger partial charge in [-0.25, -0.2) is 4.99 Å². The number of halogens is 4. The number of amides is 1. The van der Waals surface area contributed by atoms with Crippen molar-refractivity contribution in [2.24, 2.45) is 12.0 Å². The topological polar surface area (TPSA) is 46.4 Å². The zero-order chi connectivity index (χ0) is 18.2. The van der Waals surface area contributed by atoms with Crippen molar-refractivity contribution < 1.29 is 18.0 Å². The number of amidine groups is 1. The third kappa shape index (κ3) is 3.91. The highest BCUT2D eigenvalue weighted by atomic mass is 35.5. The zero-order valence-corrected chi connectivity index (χ0v) is 14.3. The van der Waals surface area contributed by atoms with Crippen LogP contribution in [0.2, 0.25) is 5.02 Å². The zero-order valence-electron chi connectivity index (χ0n) is 12.8. The lowest BCUT2D eigenvalue weighted by Crippen LogP contribution is -2.19. The number of nitrogens with one attached hydrogen (secondary N) is 1. The number of nitrogens with zero attached hydrogens (tertiary/aromatic N) is 2. The van der Waals surface area contributed by atoms with E-state index >= 15 is 0 Å². The van der Waals surface area contributed by atoms with E-state index in [-0.39, 0.29) is 16.8 Å². The Kier molecular flexibility index (Phi) is 4.66. The van der Waals surface area contributed by atoms with Crippen molar-refractivity contribution >= 4 is 46.2 Å². The van der Waals surface area contributed by atoms with Crippen molar-refractivity contribution in [1.29, 1.82) is 0 Å². The molecule has 2 heterocycles. The number of carbonyl (C=O) groups is 1. The van der Waals surface area contributed by atoms with Gasteiger partial charge in [0.1, 0.15) is 0 Å². The molecule has 130 valence electrons. The molecule has 0 bridgehead atoms. The Labute approximate surface area is 150 Å². The molecule has 2 aromatic rings. The molecule has 0 spiro atoms. The number of alkyl halides is 3. The number of hydrogen-bond acceptors (Lipinski definition) is 3. The second kappa shape index (κ2) is 6.61. The third-order valence-corrected chi connectivity index (χ3v) is 4.64. The molecule has 1 amide bonds. The maximum atomic E-state index is 12.9. The summed E-state index contributed by atoms with van der Waals surface area (Å²) in [5, 5.41) is 2.35. The number of hydrogen-bond donors (Lipinski definition) is 1. The first-order valence-electron chi connectivity index (χ1n) is 7.02. The Bertz CT molecular complexity index is 902. The monoisotopic (exact) mass is 385 g/mol. The first-order valence-corrected chi connectivity index (χ1v) is 8.21. The fourth-order valence-corrected chi connectivity index (χ4v) is 3.21. The van der Waals surface area contributed by atoms with Crippen LogP contribution in [0.3, 0.4) is 0 Å². The predicted octanol–water partition coefficient (Wildman–Crippen LogP) is 4.59. The van der Waals surface area contributed by atoms with Gasteiger partial charge in [0, 0.05) is 18.9 Å². The molecule has 1 fully saturated rings. The van der Waals surface area contributed by atoms with E-state index in [9.17, 15) is 18.0 Å². The van der Waals surface area contributed by atoms with E-state index in [2.05, 4.69) is 10.3 Å². The Morgan fingerprint density at radius 1 is 1.32 bits per heavy atom. The van der Waals surface area contributed by atoms with Crippen LogP contribution in [0.4, 0.5) is 18.9 Å².